The van der Waals surface area contributed by atoms with Gasteiger partial charge in [-0.15, -0.1) is 11.8 Å². The van der Waals surface area contributed by atoms with Crippen molar-refractivity contribution in [2.45, 2.75) is 31.8 Å². The molecule has 1 aromatic heterocycles. The van der Waals surface area contributed by atoms with Gasteiger partial charge in [0.2, 0.25) is 0 Å². The van der Waals surface area contributed by atoms with Crippen molar-refractivity contribution in [1.29, 1.82) is 5.26 Å². The summed E-state index contributed by atoms with van der Waals surface area (Å²) in [5.41, 5.74) is 2.83. The summed E-state index contributed by atoms with van der Waals surface area (Å²) in [7, 11) is 0. The van der Waals surface area contributed by atoms with E-state index in [1.807, 2.05) is 54.9 Å². The Balaban J connectivity index is 2.12. The van der Waals surface area contributed by atoms with Crippen molar-refractivity contribution in [2.24, 2.45) is 0 Å². The lowest BCUT2D eigenvalue weighted by molar-refractivity contribution is -0.142. The van der Waals surface area contributed by atoms with Crippen LogP contribution in [0.2, 0.25) is 0 Å². The zero-order valence-electron chi connectivity index (χ0n) is 12.7. The van der Waals surface area contributed by atoms with Crippen LogP contribution in [0.25, 0.3) is 5.69 Å². The Morgan fingerprint density at radius 1 is 1.41 bits per heavy atom. The maximum atomic E-state index is 11.7. The van der Waals surface area contributed by atoms with Crippen LogP contribution < -0.4 is 0 Å². The number of benzene rings is 1. The lowest BCUT2D eigenvalue weighted by Crippen LogP contribution is -2.14. The number of hydrogen-bond acceptors (Lipinski definition) is 5. The van der Waals surface area contributed by atoms with Crippen LogP contribution in [0.15, 0.2) is 35.2 Å². The van der Waals surface area contributed by atoms with Gasteiger partial charge in [0.25, 0.3) is 0 Å². The van der Waals surface area contributed by atoms with E-state index in [2.05, 4.69) is 5.10 Å². The number of nitriles is 1. The first-order valence-corrected chi connectivity index (χ1v) is 7.85. The molecule has 0 bridgehead atoms. The molecule has 2 aromatic rings. The van der Waals surface area contributed by atoms with Gasteiger partial charge < -0.3 is 4.74 Å². The van der Waals surface area contributed by atoms with Crippen molar-refractivity contribution >= 4 is 17.7 Å². The smallest absolute Gasteiger partial charge is 0.317 e. The van der Waals surface area contributed by atoms with Crippen LogP contribution in [0.5, 0.6) is 0 Å². The van der Waals surface area contributed by atoms with Crippen LogP contribution in [0.3, 0.4) is 0 Å². The summed E-state index contributed by atoms with van der Waals surface area (Å²) in [4.78, 5) is 12.6. The summed E-state index contributed by atoms with van der Waals surface area (Å²) >= 11 is 1.38. The molecule has 0 saturated heterocycles. The summed E-state index contributed by atoms with van der Waals surface area (Å²) < 4.78 is 6.81. The van der Waals surface area contributed by atoms with Crippen molar-refractivity contribution < 1.29 is 9.53 Å². The van der Waals surface area contributed by atoms with E-state index in [0.717, 1.165) is 22.0 Å². The van der Waals surface area contributed by atoms with E-state index < -0.39 is 12.1 Å². The van der Waals surface area contributed by atoms with Gasteiger partial charge in [-0.2, -0.15) is 10.4 Å². The standard InChI is InChI=1S/C16H17N3O2S/c1-11(9-17)21-15(20)10-22-16-12(2)18-19(13(16)3)14-7-5-4-6-8-14/h4-8,11H,10H2,1-3H3/t11-/m1/s1. The largest absolute Gasteiger partial charge is 0.447 e. The molecule has 0 aliphatic carbocycles. The zero-order chi connectivity index (χ0) is 16.1. The molecule has 0 amide bonds. The number of hydrogen-bond donors (Lipinski definition) is 0. The number of aromatic nitrogens is 2. The van der Waals surface area contributed by atoms with Gasteiger partial charge in [-0.25, -0.2) is 4.68 Å². The third-order valence-electron chi connectivity index (χ3n) is 3.05. The number of para-hydroxylation sites is 1. The van der Waals surface area contributed by atoms with Crippen LogP contribution in [0, 0.1) is 25.2 Å². The summed E-state index contributed by atoms with van der Waals surface area (Å²) in [6.45, 7) is 5.43. The predicted octanol–water partition coefficient (Wildman–Crippen LogP) is 3.04. The number of ether oxygens (including phenoxy) is 1. The minimum absolute atomic E-state index is 0.161. The van der Waals surface area contributed by atoms with Crippen LogP contribution in [0.4, 0.5) is 0 Å². The van der Waals surface area contributed by atoms with Crippen molar-refractivity contribution in [3.05, 3.63) is 41.7 Å². The Bertz CT molecular complexity index is 704. The fraction of sp³-hybridized carbons (Fsp3) is 0.312. The molecule has 0 unspecified atom stereocenters. The number of thioether (sulfide) groups is 1. The van der Waals surface area contributed by atoms with E-state index in [4.69, 9.17) is 10.00 Å². The summed E-state index contributed by atoms with van der Waals surface area (Å²) in [5.74, 6) is -0.237. The van der Waals surface area contributed by atoms with Gasteiger partial charge in [-0.1, -0.05) is 18.2 Å². The van der Waals surface area contributed by atoms with E-state index in [-0.39, 0.29) is 5.75 Å². The van der Waals surface area contributed by atoms with E-state index in [1.54, 1.807) is 6.92 Å². The average molecular weight is 315 g/mol. The number of carbonyl (C=O) groups is 1. The fourth-order valence-corrected chi connectivity index (χ4v) is 2.92. The Morgan fingerprint density at radius 2 is 2.09 bits per heavy atom. The Hall–Kier alpha value is -2.26. The molecule has 0 aliphatic rings. The second-order valence-electron chi connectivity index (χ2n) is 4.80. The Morgan fingerprint density at radius 3 is 2.73 bits per heavy atom. The number of nitrogens with zero attached hydrogens (tertiary/aromatic N) is 3. The maximum Gasteiger partial charge on any atom is 0.317 e. The number of carbonyl (C=O) groups excluding carboxylic acids is 1. The molecule has 0 spiro atoms. The van der Waals surface area contributed by atoms with E-state index in [0.29, 0.717) is 0 Å². The molecule has 6 heteroatoms. The summed E-state index contributed by atoms with van der Waals surface area (Å²) in [6.07, 6.45) is -0.720. The molecule has 114 valence electrons. The van der Waals surface area contributed by atoms with Gasteiger partial charge in [0.05, 0.1) is 27.7 Å². The quantitative estimate of drug-likeness (QED) is 0.626. The molecule has 0 N–H and O–H groups in total. The van der Waals surface area contributed by atoms with Crippen molar-refractivity contribution in [3.8, 4) is 11.8 Å². The van der Waals surface area contributed by atoms with Gasteiger partial charge >= 0.3 is 5.97 Å². The van der Waals surface area contributed by atoms with Gasteiger partial charge in [-0.05, 0) is 32.9 Å². The molecule has 22 heavy (non-hydrogen) atoms. The van der Waals surface area contributed by atoms with Crippen LogP contribution in [0.1, 0.15) is 18.3 Å². The second kappa shape index (κ2) is 7.14. The maximum absolute atomic E-state index is 11.7. The SMILES string of the molecule is Cc1nn(-c2ccccc2)c(C)c1SCC(=O)O[C@H](C)C#N. The minimum atomic E-state index is -0.720. The molecule has 5 nitrogen and oxygen atoms in total. The molecule has 0 aliphatic heterocycles. The Kier molecular flexibility index (Phi) is 5.23. The van der Waals surface area contributed by atoms with Gasteiger partial charge in [0.15, 0.2) is 6.10 Å². The highest BCUT2D eigenvalue weighted by atomic mass is 32.2. The third kappa shape index (κ3) is 3.68. The van der Waals surface area contributed by atoms with Gasteiger partial charge in [0, 0.05) is 0 Å². The zero-order valence-corrected chi connectivity index (χ0v) is 13.6. The summed E-state index contributed by atoms with van der Waals surface area (Å²) in [6, 6.07) is 11.7. The van der Waals surface area contributed by atoms with E-state index in [9.17, 15) is 4.79 Å². The molecule has 1 heterocycles. The monoisotopic (exact) mass is 315 g/mol. The molecular weight excluding hydrogens is 298 g/mol. The van der Waals surface area contributed by atoms with Crippen LogP contribution >= 0.6 is 11.8 Å². The van der Waals surface area contributed by atoms with Crippen molar-refractivity contribution in [1.82, 2.24) is 9.78 Å². The highest BCUT2D eigenvalue weighted by Crippen LogP contribution is 2.28. The topological polar surface area (TPSA) is 67.9 Å². The van der Waals surface area contributed by atoms with Crippen molar-refractivity contribution in [2.75, 3.05) is 5.75 Å². The highest BCUT2D eigenvalue weighted by molar-refractivity contribution is 8.00. The number of esters is 1. The third-order valence-corrected chi connectivity index (χ3v) is 4.31. The fourth-order valence-electron chi connectivity index (χ4n) is 2.05. The van der Waals surface area contributed by atoms with Gasteiger partial charge in [0.1, 0.15) is 6.07 Å². The first kappa shape index (κ1) is 16.1. The van der Waals surface area contributed by atoms with Crippen LogP contribution in [-0.2, 0) is 9.53 Å². The second-order valence-corrected chi connectivity index (χ2v) is 5.78. The molecule has 1 atom stereocenters. The first-order chi connectivity index (χ1) is 10.5. The first-order valence-electron chi connectivity index (χ1n) is 6.86. The summed E-state index contributed by atoms with van der Waals surface area (Å²) in [5, 5.41) is 13.2. The van der Waals surface area contributed by atoms with Crippen molar-refractivity contribution in [3.63, 3.8) is 0 Å². The average Bonchev–Trinajstić information content (AvgIpc) is 2.80. The molecule has 2 rings (SSSR count). The lowest BCUT2D eigenvalue weighted by atomic mass is 10.3. The Labute approximate surface area is 133 Å². The number of rotatable bonds is 5. The van der Waals surface area contributed by atoms with Crippen LogP contribution in [-0.4, -0.2) is 27.6 Å². The number of aryl methyl sites for hydroxylation is 1. The normalized spacial score (nSPS) is 11.7. The predicted molar refractivity (Wildman–Crippen MR) is 84.9 cm³/mol. The van der Waals surface area contributed by atoms with Gasteiger partial charge in [-0.3, -0.25) is 4.79 Å². The molecule has 1 aromatic carbocycles. The molecule has 0 fully saturated rings. The molecule has 0 saturated carbocycles. The highest BCUT2D eigenvalue weighted by Gasteiger charge is 2.16. The molecule has 0 radical (unpaired) electrons. The minimum Gasteiger partial charge on any atom is -0.447 e. The lowest BCUT2D eigenvalue weighted by Gasteiger charge is -2.06. The molecular formula is C16H17N3O2S. The van der Waals surface area contributed by atoms with E-state index in [1.165, 1.54) is 11.8 Å². The van der Waals surface area contributed by atoms with E-state index >= 15 is 0 Å².